The van der Waals surface area contributed by atoms with Gasteiger partial charge in [-0.25, -0.2) is 15.0 Å². The van der Waals surface area contributed by atoms with Gasteiger partial charge >= 0.3 is 0 Å². The Kier molecular flexibility index (Phi) is 6.82. The Morgan fingerprint density at radius 3 is 1.83 bits per heavy atom. The number of para-hydroxylation sites is 1. The van der Waals surface area contributed by atoms with Crippen LogP contribution in [0.15, 0.2) is 186 Å². The molecule has 59 heavy (non-hydrogen) atoms. The van der Waals surface area contributed by atoms with Crippen molar-refractivity contribution in [3.63, 3.8) is 0 Å². The minimum Gasteiger partial charge on any atom is -0.456 e. The smallest absolute Gasteiger partial charge is 0.166 e. The number of rotatable bonds is 4. The topological polar surface area (TPSA) is 56.7 Å². The minimum atomic E-state index is 0.587. The molecule has 0 saturated carbocycles. The molecule has 0 radical (unpaired) electrons. The summed E-state index contributed by atoms with van der Waals surface area (Å²) in [6, 6.07) is 64.4. The van der Waals surface area contributed by atoms with Crippen LogP contribution in [0.3, 0.4) is 0 Å². The molecule has 0 aliphatic heterocycles. The second-order valence-corrected chi connectivity index (χ2v) is 16.3. The lowest BCUT2D eigenvalue weighted by atomic mass is 10.0. The second kappa shape index (κ2) is 12.4. The first-order valence-corrected chi connectivity index (χ1v) is 20.6. The van der Waals surface area contributed by atoms with Crippen molar-refractivity contribution in [1.29, 1.82) is 0 Å². The molecule has 9 aromatic carbocycles. The van der Waals surface area contributed by atoms with Crippen molar-refractivity contribution in [2.75, 3.05) is 0 Å². The second-order valence-electron chi connectivity index (χ2n) is 15.2. The van der Waals surface area contributed by atoms with Crippen molar-refractivity contribution < 1.29 is 4.42 Å². The SMILES string of the molecule is c1ccc(-c2nc(-c3ccc4c(c3)sc3ccccc34)nc(-c3ccc4oc5cc6ccccc6cc5c4c3-n3c4ccccc4c4cc5ccccc5cc43)n2)cc1. The number of nitrogens with zero attached hydrogens (tertiary/aromatic N) is 4. The van der Waals surface area contributed by atoms with Gasteiger partial charge in [-0.15, -0.1) is 11.3 Å². The predicted octanol–water partition coefficient (Wildman–Crippen LogP) is 14.5. The molecule has 13 rings (SSSR count). The average molecular weight is 771 g/mol. The summed E-state index contributed by atoms with van der Waals surface area (Å²) >= 11 is 1.79. The fourth-order valence-corrected chi connectivity index (χ4v) is 10.2. The molecule has 0 N–H and O–H groups in total. The number of aromatic nitrogens is 4. The molecular formula is C53H30N4OS. The van der Waals surface area contributed by atoms with Gasteiger partial charge in [0.1, 0.15) is 11.2 Å². The van der Waals surface area contributed by atoms with Crippen molar-refractivity contribution in [3.8, 4) is 39.9 Å². The normalized spacial score (nSPS) is 12.1. The molecule has 6 heteroatoms. The fraction of sp³-hybridized carbons (Fsp3) is 0. The molecule has 0 spiro atoms. The first-order chi connectivity index (χ1) is 29.2. The molecule has 0 aliphatic carbocycles. The highest BCUT2D eigenvalue weighted by molar-refractivity contribution is 7.25. The molecule has 0 amide bonds. The zero-order chi connectivity index (χ0) is 38.6. The lowest BCUT2D eigenvalue weighted by molar-refractivity contribution is 0.669. The predicted molar refractivity (Wildman–Crippen MR) is 246 cm³/mol. The van der Waals surface area contributed by atoms with Gasteiger partial charge < -0.3 is 8.98 Å². The number of benzene rings is 9. The van der Waals surface area contributed by atoms with Crippen LogP contribution in [-0.4, -0.2) is 19.5 Å². The van der Waals surface area contributed by atoms with Crippen LogP contribution in [-0.2, 0) is 0 Å². The van der Waals surface area contributed by atoms with E-state index in [2.05, 4.69) is 168 Å². The third-order valence-electron chi connectivity index (χ3n) is 11.8. The summed E-state index contributed by atoms with van der Waals surface area (Å²) in [7, 11) is 0. The minimum absolute atomic E-state index is 0.587. The summed E-state index contributed by atoms with van der Waals surface area (Å²) < 4.78 is 11.6. The van der Waals surface area contributed by atoms with Gasteiger partial charge in [0.15, 0.2) is 17.5 Å². The summed E-state index contributed by atoms with van der Waals surface area (Å²) in [6.07, 6.45) is 0. The third-order valence-corrected chi connectivity index (χ3v) is 12.9. The van der Waals surface area contributed by atoms with E-state index < -0.39 is 0 Å². The van der Waals surface area contributed by atoms with Crippen LogP contribution >= 0.6 is 11.3 Å². The number of hydrogen-bond donors (Lipinski definition) is 0. The summed E-state index contributed by atoms with van der Waals surface area (Å²) in [5, 5.41) is 11.6. The van der Waals surface area contributed by atoms with Crippen LogP contribution in [0, 0.1) is 0 Å². The first-order valence-electron chi connectivity index (χ1n) is 19.8. The standard InChI is InChI=1S/C53H30N4OS/c1-2-12-31(13-3-1)51-54-52(36-22-23-39-38-19-9-11-21-47(38)59-48(39)30-36)56-53(55-51)40-24-25-45-49(42-27-33-15-5-7-17-35(33)29-46(42)58-45)50(40)57-43-20-10-8-18-37(43)41-26-32-14-4-6-16-34(32)28-44(41)57/h1-30H. The highest BCUT2D eigenvalue weighted by atomic mass is 32.1. The molecule has 0 aliphatic rings. The zero-order valence-electron chi connectivity index (χ0n) is 31.4. The lowest BCUT2D eigenvalue weighted by Crippen LogP contribution is -2.04. The summed E-state index contributed by atoms with van der Waals surface area (Å²) in [6.45, 7) is 0. The Bertz CT molecular complexity index is 3860. The molecule has 0 unspecified atom stereocenters. The number of thiophene rings is 1. The lowest BCUT2D eigenvalue weighted by Gasteiger charge is -2.16. The van der Waals surface area contributed by atoms with Crippen LogP contribution in [0.4, 0.5) is 0 Å². The van der Waals surface area contributed by atoms with E-state index in [9.17, 15) is 0 Å². The van der Waals surface area contributed by atoms with Crippen molar-refractivity contribution in [1.82, 2.24) is 19.5 Å². The summed E-state index contributed by atoms with van der Waals surface area (Å²) in [5.74, 6) is 1.82. The molecule has 0 saturated heterocycles. The van der Waals surface area contributed by atoms with Crippen molar-refractivity contribution in [3.05, 3.63) is 182 Å². The zero-order valence-corrected chi connectivity index (χ0v) is 32.2. The molecule has 5 nitrogen and oxygen atoms in total. The van der Waals surface area contributed by atoms with Crippen LogP contribution < -0.4 is 0 Å². The van der Waals surface area contributed by atoms with E-state index in [4.69, 9.17) is 19.4 Å². The van der Waals surface area contributed by atoms with Gasteiger partial charge in [0.2, 0.25) is 0 Å². The largest absolute Gasteiger partial charge is 0.456 e. The number of fused-ring (bicyclic) bond motifs is 11. The third kappa shape index (κ3) is 4.94. The van der Waals surface area contributed by atoms with E-state index in [1.807, 2.05) is 18.2 Å². The summed E-state index contributed by atoms with van der Waals surface area (Å²) in [5.41, 5.74) is 7.54. The molecule has 4 aromatic heterocycles. The maximum absolute atomic E-state index is 6.77. The van der Waals surface area contributed by atoms with Gasteiger partial charge in [0, 0.05) is 53.0 Å². The molecule has 4 heterocycles. The van der Waals surface area contributed by atoms with Crippen LogP contribution in [0.5, 0.6) is 0 Å². The quantitative estimate of drug-likeness (QED) is 0.179. The molecule has 0 bridgehead atoms. The van der Waals surface area contributed by atoms with E-state index >= 15 is 0 Å². The van der Waals surface area contributed by atoms with Gasteiger partial charge in [0.25, 0.3) is 0 Å². The Morgan fingerprint density at radius 2 is 1.02 bits per heavy atom. The van der Waals surface area contributed by atoms with Crippen LogP contribution in [0.2, 0.25) is 0 Å². The maximum Gasteiger partial charge on any atom is 0.166 e. The van der Waals surface area contributed by atoms with Crippen LogP contribution in [0.25, 0.3) is 125 Å². The van der Waals surface area contributed by atoms with Gasteiger partial charge in [-0.3, -0.25) is 0 Å². The van der Waals surface area contributed by atoms with Gasteiger partial charge in [0.05, 0.1) is 22.1 Å². The molecule has 0 fully saturated rings. The number of furan rings is 1. The van der Waals surface area contributed by atoms with E-state index in [0.29, 0.717) is 17.5 Å². The average Bonchev–Trinajstić information content (AvgIpc) is 3.96. The van der Waals surface area contributed by atoms with Gasteiger partial charge in [-0.1, -0.05) is 127 Å². The van der Waals surface area contributed by atoms with Crippen molar-refractivity contribution in [2.24, 2.45) is 0 Å². The van der Waals surface area contributed by atoms with E-state index in [1.54, 1.807) is 11.3 Å². The summed E-state index contributed by atoms with van der Waals surface area (Å²) in [4.78, 5) is 15.9. The highest BCUT2D eigenvalue weighted by Gasteiger charge is 2.25. The molecule has 0 atom stereocenters. The first kappa shape index (κ1) is 32.4. The van der Waals surface area contributed by atoms with E-state index in [1.165, 1.54) is 41.7 Å². The highest BCUT2D eigenvalue weighted by Crippen LogP contribution is 2.45. The van der Waals surface area contributed by atoms with E-state index in [-0.39, 0.29) is 0 Å². The van der Waals surface area contributed by atoms with Gasteiger partial charge in [-0.05, 0) is 76.1 Å². The van der Waals surface area contributed by atoms with Crippen molar-refractivity contribution in [2.45, 2.75) is 0 Å². The Balaban J connectivity index is 1.17. The fourth-order valence-electron chi connectivity index (χ4n) is 9.05. The van der Waals surface area contributed by atoms with E-state index in [0.717, 1.165) is 66.1 Å². The Hall–Kier alpha value is -7.67. The molecule has 274 valence electrons. The molecule has 13 aromatic rings. The monoisotopic (exact) mass is 770 g/mol. The Morgan fingerprint density at radius 1 is 0.390 bits per heavy atom. The van der Waals surface area contributed by atoms with Crippen molar-refractivity contribution >= 4 is 96.8 Å². The number of hydrogen-bond acceptors (Lipinski definition) is 5. The maximum atomic E-state index is 6.77. The van der Waals surface area contributed by atoms with Crippen LogP contribution in [0.1, 0.15) is 0 Å². The Labute approximate surface area is 341 Å². The van der Waals surface area contributed by atoms with Gasteiger partial charge in [-0.2, -0.15) is 0 Å². The molecular weight excluding hydrogens is 741 g/mol.